The van der Waals surface area contributed by atoms with Crippen molar-refractivity contribution in [2.45, 2.75) is 65.7 Å². The molecule has 0 radical (unpaired) electrons. The van der Waals surface area contributed by atoms with Crippen molar-refractivity contribution in [3.05, 3.63) is 23.3 Å². The normalized spacial score (nSPS) is 13.9. The van der Waals surface area contributed by atoms with Crippen LogP contribution in [-0.4, -0.2) is 31.4 Å². The van der Waals surface area contributed by atoms with Gasteiger partial charge < -0.3 is 10.2 Å². The zero-order chi connectivity index (χ0) is 19.8. The van der Waals surface area contributed by atoms with E-state index in [1.54, 1.807) is 19.9 Å². The van der Waals surface area contributed by atoms with Crippen LogP contribution in [0.1, 0.15) is 66.0 Å². The molecule has 0 amide bonds. The van der Waals surface area contributed by atoms with E-state index in [0.717, 1.165) is 6.42 Å². The van der Waals surface area contributed by atoms with Crippen LogP contribution in [0.2, 0.25) is 0 Å². The van der Waals surface area contributed by atoms with Crippen molar-refractivity contribution in [1.29, 1.82) is 0 Å². The second kappa shape index (κ2) is 6.80. The van der Waals surface area contributed by atoms with Gasteiger partial charge in [0.1, 0.15) is 11.5 Å². The summed E-state index contributed by atoms with van der Waals surface area (Å²) in [7, 11) is -2.10. The highest BCUT2D eigenvalue weighted by Crippen LogP contribution is 2.44. The van der Waals surface area contributed by atoms with Crippen molar-refractivity contribution < 1.29 is 18.6 Å². The molecular weight excluding hydrogens is 338 g/mol. The SMILES string of the molecule is CNS(=O)(=O)CC(C)(C)c1cc(O)c(C(C)(C)CC(C)(C)C)cc1O. The molecule has 0 bridgehead atoms. The number of sulfonamides is 1. The molecule has 144 valence electrons. The Bertz CT molecular complexity index is 729. The highest BCUT2D eigenvalue weighted by atomic mass is 32.2. The molecule has 0 saturated heterocycles. The lowest BCUT2D eigenvalue weighted by Gasteiger charge is -2.34. The summed E-state index contributed by atoms with van der Waals surface area (Å²) >= 11 is 0. The van der Waals surface area contributed by atoms with Crippen LogP contribution in [0.3, 0.4) is 0 Å². The minimum Gasteiger partial charge on any atom is -0.508 e. The van der Waals surface area contributed by atoms with Crippen LogP contribution in [0.5, 0.6) is 11.5 Å². The molecule has 0 saturated carbocycles. The van der Waals surface area contributed by atoms with E-state index in [1.807, 2.05) is 13.8 Å². The Kier molecular flexibility index (Phi) is 5.92. The third-order valence-corrected chi connectivity index (χ3v) is 6.13. The number of phenols is 2. The lowest BCUT2D eigenvalue weighted by molar-refractivity contribution is 0.277. The molecule has 0 heterocycles. The van der Waals surface area contributed by atoms with Crippen LogP contribution in [0.4, 0.5) is 0 Å². The van der Waals surface area contributed by atoms with Gasteiger partial charge in [-0.2, -0.15) is 0 Å². The maximum absolute atomic E-state index is 11.9. The average molecular weight is 372 g/mol. The van der Waals surface area contributed by atoms with Gasteiger partial charge in [-0.3, -0.25) is 0 Å². The molecule has 0 spiro atoms. The van der Waals surface area contributed by atoms with Crippen molar-refractivity contribution in [3.63, 3.8) is 0 Å². The molecule has 3 N–H and O–H groups in total. The van der Waals surface area contributed by atoms with E-state index < -0.39 is 15.4 Å². The Balaban J connectivity index is 3.36. The molecule has 0 fully saturated rings. The summed E-state index contributed by atoms with van der Waals surface area (Å²) in [6.07, 6.45) is 0.823. The minimum atomic E-state index is -3.46. The molecule has 0 aliphatic heterocycles. The minimum absolute atomic E-state index is 0.00564. The number of benzene rings is 1. The van der Waals surface area contributed by atoms with E-state index in [1.165, 1.54) is 13.1 Å². The third-order valence-electron chi connectivity index (χ3n) is 4.41. The van der Waals surface area contributed by atoms with E-state index in [-0.39, 0.29) is 28.1 Å². The zero-order valence-corrected chi connectivity index (χ0v) is 17.5. The fraction of sp³-hybridized carbons (Fsp3) is 0.684. The van der Waals surface area contributed by atoms with Gasteiger partial charge in [0, 0.05) is 16.5 Å². The largest absolute Gasteiger partial charge is 0.508 e. The number of phenolic OH excluding ortho intramolecular Hbond substituents is 2. The van der Waals surface area contributed by atoms with Crippen molar-refractivity contribution >= 4 is 10.0 Å². The highest BCUT2D eigenvalue weighted by Gasteiger charge is 2.34. The molecule has 0 unspecified atom stereocenters. The molecule has 25 heavy (non-hydrogen) atoms. The number of aromatic hydroxyl groups is 2. The summed E-state index contributed by atoms with van der Waals surface area (Å²) in [4.78, 5) is 0. The van der Waals surface area contributed by atoms with Gasteiger partial charge in [0.15, 0.2) is 0 Å². The maximum atomic E-state index is 11.9. The van der Waals surface area contributed by atoms with E-state index in [2.05, 4.69) is 25.5 Å². The molecular formula is C19H33NO4S. The van der Waals surface area contributed by atoms with Gasteiger partial charge in [0.2, 0.25) is 10.0 Å². The summed E-state index contributed by atoms with van der Waals surface area (Å²) in [6, 6.07) is 3.07. The molecule has 1 aromatic carbocycles. The van der Waals surface area contributed by atoms with Gasteiger partial charge in [-0.05, 0) is 36.4 Å². The second-order valence-electron chi connectivity index (χ2n) is 9.35. The number of hydrogen-bond acceptors (Lipinski definition) is 4. The first-order valence-electron chi connectivity index (χ1n) is 8.49. The first kappa shape index (κ1) is 21.8. The van der Waals surface area contributed by atoms with E-state index in [4.69, 9.17) is 0 Å². The number of hydrogen-bond donors (Lipinski definition) is 3. The Morgan fingerprint density at radius 2 is 1.28 bits per heavy atom. The van der Waals surface area contributed by atoms with E-state index >= 15 is 0 Å². The standard InChI is InChI=1S/C19H33NO4S/c1-17(2,3)11-18(4,5)13-9-16(22)14(10-15(13)21)19(6,7)12-25(23,24)20-8/h9-10,20-22H,11-12H2,1-8H3. The summed E-state index contributed by atoms with van der Waals surface area (Å²) in [5.41, 5.74) is -0.0462. The van der Waals surface area contributed by atoms with Crippen molar-refractivity contribution in [2.75, 3.05) is 12.8 Å². The molecule has 5 nitrogen and oxygen atoms in total. The highest BCUT2D eigenvalue weighted by molar-refractivity contribution is 7.89. The Morgan fingerprint density at radius 3 is 1.64 bits per heavy atom. The lowest BCUT2D eigenvalue weighted by atomic mass is 9.71. The van der Waals surface area contributed by atoms with Crippen LogP contribution in [0, 0.1) is 5.41 Å². The molecule has 0 aliphatic rings. The van der Waals surface area contributed by atoms with Crippen LogP contribution < -0.4 is 4.72 Å². The molecule has 0 atom stereocenters. The molecule has 0 aromatic heterocycles. The van der Waals surface area contributed by atoms with Crippen LogP contribution >= 0.6 is 0 Å². The quantitative estimate of drug-likeness (QED) is 0.666. The first-order chi connectivity index (χ1) is 11.0. The van der Waals surface area contributed by atoms with E-state index in [9.17, 15) is 18.6 Å². The number of rotatable bonds is 6. The summed E-state index contributed by atoms with van der Waals surface area (Å²) in [5, 5.41) is 21.1. The average Bonchev–Trinajstić information content (AvgIpc) is 2.36. The summed E-state index contributed by atoms with van der Waals surface area (Å²) < 4.78 is 26.1. The molecule has 6 heteroatoms. The van der Waals surface area contributed by atoms with Gasteiger partial charge in [0.25, 0.3) is 0 Å². The number of nitrogens with one attached hydrogen (secondary N) is 1. The Morgan fingerprint density at radius 1 is 0.880 bits per heavy atom. The topological polar surface area (TPSA) is 86.6 Å². The molecule has 1 aromatic rings. The maximum Gasteiger partial charge on any atom is 0.212 e. The third kappa shape index (κ3) is 5.61. The molecule has 0 aliphatic carbocycles. The van der Waals surface area contributed by atoms with Gasteiger partial charge in [0.05, 0.1) is 5.75 Å². The summed E-state index contributed by atoms with van der Waals surface area (Å²) in [6.45, 7) is 13.9. The lowest BCUT2D eigenvalue weighted by Crippen LogP contribution is -2.34. The first-order valence-corrected chi connectivity index (χ1v) is 10.1. The summed E-state index contributed by atoms with van der Waals surface area (Å²) in [5.74, 6) is -0.100. The second-order valence-corrected chi connectivity index (χ2v) is 11.3. The van der Waals surface area contributed by atoms with Gasteiger partial charge >= 0.3 is 0 Å². The fourth-order valence-corrected chi connectivity index (χ4v) is 4.96. The van der Waals surface area contributed by atoms with Crippen LogP contribution in [-0.2, 0) is 20.9 Å². The fourth-order valence-electron chi connectivity index (χ4n) is 3.71. The van der Waals surface area contributed by atoms with Gasteiger partial charge in [-0.1, -0.05) is 48.5 Å². The predicted octanol–water partition coefficient (Wildman–Crippen LogP) is 3.64. The van der Waals surface area contributed by atoms with Crippen molar-refractivity contribution in [1.82, 2.24) is 4.72 Å². The molecule has 1 rings (SSSR count). The predicted molar refractivity (Wildman–Crippen MR) is 103 cm³/mol. The Labute approximate surface area is 152 Å². The smallest absolute Gasteiger partial charge is 0.212 e. The Hall–Kier alpha value is -1.27. The van der Waals surface area contributed by atoms with Gasteiger partial charge in [-0.25, -0.2) is 13.1 Å². The zero-order valence-electron chi connectivity index (χ0n) is 16.7. The van der Waals surface area contributed by atoms with Gasteiger partial charge in [-0.15, -0.1) is 0 Å². The monoisotopic (exact) mass is 371 g/mol. The van der Waals surface area contributed by atoms with Crippen LogP contribution in [0.15, 0.2) is 12.1 Å². The van der Waals surface area contributed by atoms with Crippen LogP contribution in [0.25, 0.3) is 0 Å². The van der Waals surface area contributed by atoms with E-state index in [0.29, 0.717) is 11.1 Å². The van der Waals surface area contributed by atoms with Crippen molar-refractivity contribution in [2.24, 2.45) is 5.41 Å². The van der Waals surface area contributed by atoms with Crippen molar-refractivity contribution in [3.8, 4) is 11.5 Å².